The minimum atomic E-state index is 0.938. The fourth-order valence-electron chi connectivity index (χ4n) is 22.8. The number of pyridine rings is 2. The highest BCUT2D eigenvalue weighted by molar-refractivity contribution is 6.31. The second kappa shape index (κ2) is 26.3. The van der Waals surface area contributed by atoms with Gasteiger partial charge in [0.25, 0.3) is 0 Å². The highest BCUT2D eigenvalue weighted by atomic mass is 15.0. The lowest BCUT2D eigenvalue weighted by Crippen LogP contribution is -1.99. The van der Waals surface area contributed by atoms with Crippen LogP contribution < -0.4 is 0 Å². The van der Waals surface area contributed by atoms with E-state index in [1.54, 1.807) is 0 Å². The van der Waals surface area contributed by atoms with E-state index in [2.05, 4.69) is 443 Å². The maximum atomic E-state index is 5.65. The van der Waals surface area contributed by atoms with Crippen LogP contribution in [-0.2, 0) is 0 Å². The van der Waals surface area contributed by atoms with E-state index in [-0.39, 0.29) is 0 Å². The molecule has 0 spiro atoms. The van der Waals surface area contributed by atoms with Gasteiger partial charge in [-0.2, -0.15) is 0 Å². The number of aromatic nitrogens is 6. The Balaban J connectivity index is 0.000000127. The molecule has 0 aliphatic heterocycles. The van der Waals surface area contributed by atoms with Crippen molar-refractivity contribution in [3.8, 4) is 67.8 Å². The lowest BCUT2D eigenvalue weighted by Gasteiger charge is -2.17. The minimum Gasteiger partial charge on any atom is -0.309 e. The summed E-state index contributed by atoms with van der Waals surface area (Å²) in [5, 5.41) is 40.3. The third kappa shape index (κ3) is 9.96. The highest BCUT2D eigenvalue weighted by Crippen LogP contribution is 2.50. The smallest absolute Gasteiger partial charge is 0.0730 e. The molecule has 0 unspecified atom stereocenters. The third-order valence-electron chi connectivity index (χ3n) is 28.1. The van der Waals surface area contributed by atoms with E-state index in [0.717, 1.165) is 84.3 Å². The monoisotopic (exact) mass is 1620 g/mol. The molecular formula is C122H70N6. The van der Waals surface area contributed by atoms with Crippen LogP contribution >= 0.6 is 0 Å². The Kier molecular flexibility index (Phi) is 14.2. The van der Waals surface area contributed by atoms with E-state index in [1.165, 1.54) is 200 Å². The molecule has 6 aromatic heterocycles. The Bertz CT molecular complexity index is 9390. The van der Waals surface area contributed by atoms with Crippen LogP contribution in [0, 0.1) is 0 Å². The second-order valence-corrected chi connectivity index (χ2v) is 35.0. The summed E-state index contributed by atoms with van der Waals surface area (Å²) in [6, 6.07) is 157. The molecule has 30 aromatic rings. The van der Waals surface area contributed by atoms with Crippen molar-refractivity contribution in [3.05, 3.63) is 425 Å². The summed E-state index contributed by atoms with van der Waals surface area (Å²) in [5.74, 6) is 0. The van der Waals surface area contributed by atoms with Crippen LogP contribution in [-0.4, -0.2) is 28.2 Å². The minimum absolute atomic E-state index is 0.938. The quantitative estimate of drug-likeness (QED) is 0.142. The van der Waals surface area contributed by atoms with Crippen molar-refractivity contribution in [2.45, 2.75) is 0 Å². The first-order chi connectivity index (χ1) is 63.4. The number of hydrogen-bond acceptors (Lipinski definition) is 2. The lowest BCUT2D eigenvalue weighted by molar-refractivity contribution is 1.16. The number of nitrogens with zero attached hydrogens (tertiary/aromatic N) is 6. The zero-order valence-corrected chi connectivity index (χ0v) is 69.1. The van der Waals surface area contributed by atoms with Crippen molar-refractivity contribution in [2.24, 2.45) is 0 Å². The topological polar surface area (TPSA) is 45.5 Å². The molecule has 0 saturated heterocycles. The van der Waals surface area contributed by atoms with Crippen LogP contribution in [0.25, 0.3) is 284 Å². The molecule has 0 radical (unpaired) electrons. The average molecular weight is 1620 g/mol. The molecule has 6 heterocycles. The Hall–Kier alpha value is -17.1. The van der Waals surface area contributed by atoms with Crippen molar-refractivity contribution in [1.29, 1.82) is 0 Å². The molecule has 128 heavy (non-hydrogen) atoms. The van der Waals surface area contributed by atoms with Gasteiger partial charge in [0, 0.05) is 76.7 Å². The maximum absolute atomic E-state index is 5.65. The van der Waals surface area contributed by atoms with Gasteiger partial charge in [0.1, 0.15) is 0 Å². The summed E-state index contributed by atoms with van der Waals surface area (Å²) in [4.78, 5) is 11.3. The summed E-state index contributed by atoms with van der Waals surface area (Å²) in [6.07, 6.45) is 0. The predicted octanol–water partition coefficient (Wildman–Crippen LogP) is 32.8. The molecule has 30 rings (SSSR count). The van der Waals surface area contributed by atoms with Crippen molar-refractivity contribution in [2.75, 3.05) is 0 Å². The van der Waals surface area contributed by atoms with E-state index in [1.807, 2.05) is 0 Å². The van der Waals surface area contributed by atoms with Crippen molar-refractivity contribution in [3.63, 3.8) is 0 Å². The van der Waals surface area contributed by atoms with Crippen LogP contribution in [0.2, 0.25) is 0 Å². The number of para-hydroxylation sites is 6. The molecule has 0 N–H and O–H groups in total. The standard InChI is InChI=1S/2C61H35N3/c1-2-14-46(15-3-1)64-53-18-6-4-16-48(53)49-28-29-55-60(61(49)64)50-17-5-7-19-54(50)63(55)47-34-51(44-30-40-24-20-36-10-8-11-37-21-25-41(31-44)58(40)56(36)37)62-52(35-47)45-32-42-26-22-38-12-9-13-39-23-27-43(33-45)59(42)57(38)39;1-2-14-46(15-3-1)63-54-19-7-5-17-50(54)60-55(63)29-28-49-48-16-4-6-18-53(48)64(61(49)60)47-34-51(44-30-40-24-20-36-10-8-11-37-21-25-41(31-44)58(40)56(36)37)62-52(35-47)45-32-42-26-22-38-12-9-13-39-23-27-43(33-45)59(42)57(38)39/h2*1-35H. The van der Waals surface area contributed by atoms with Crippen molar-refractivity contribution in [1.82, 2.24) is 28.2 Å². The molecule has 0 atom stereocenters. The Labute approximate surface area is 732 Å². The SMILES string of the molecule is c1ccc(-n2c3ccccc3c3c2ccc2c4ccccc4n(-c4cc(-c5cc6ccc7cccc8ccc(c5)c6c78)nc(-c5cc6ccc7cccc8ccc(c5)c6c78)c4)c23)cc1.c1ccc(-n2c3ccccc3c3ccc4c(c5ccccc5n4-c4cc(-c5cc6ccc7cccc8ccc(c5)c6c78)nc(-c5cc6ccc7cccc8ccc(c5)c6c78)c4)c32)cc1. The summed E-state index contributed by atoms with van der Waals surface area (Å²) >= 11 is 0. The molecule has 0 aliphatic rings. The highest BCUT2D eigenvalue weighted by Gasteiger charge is 2.27. The zero-order chi connectivity index (χ0) is 83.2. The number of fused-ring (bicyclic) bond motifs is 14. The summed E-state index contributed by atoms with van der Waals surface area (Å²) < 4.78 is 9.86. The predicted molar refractivity (Wildman–Crippen MR) is 542 cm³/mol. The van der Waals surface area contributed by atoms with Gasteiger partial charge in [0.05, 0.1) is 78.3 Å². The molecule has 0 saturated carbocycles. The average Bonchev–Trinajstić information content (AvgIpc) is 1.54. The van der Waals surface area contributed by atoms with E-state index >= 15 is 0 Å². The summed E-state index contributed by atoms with van der Waals surface area (Å²) in [6.45, 7) is 0. The maximum Gasteiger partial charge on any atom is 0.0730 e. The fourth-order valence-corrected chi connectivity index (χ4v) is 22.8. The molecular weight excluding hydrogens is 1550 g/mol. The molecule has 6 nitrogen and oxygen atoms in total. The van der Waals surface area contributed by atoms with Crippen LogP contribution in [0.3, 0.4) is 0 Å². The number of rotatable bonds is 8. The molecule has 0 fully saturated rings. The first-order valence-electron chi connectivity index (χ1n) is 44.2. The molecule has 0 amide bonds. The Morgan fingerprint density at radius 2 is 0.359 bits per heavy atom. The third-order valence-corrected chi connectivity index (χ3v) is 28.1. The van der Waals surface area contributed by atoms with Crippen molar-refractivity contribution >= 4 is 216 Å². The van der Waals surface area contributed by atoms with E-state index in [4.69, 9.17) is 9.97 Å². The normalized spacial score (nSPS) is 12.4. The van der Waals surface area contributed by atoms with Gasteiger partial charge in [0.15, 0.2) is 0 Å². The van der Waals surface area contributed by atoms with Gasteiger partial charge in [-0.05, 0) is 263 Å². The van der Waals surface area contributed by atoms with Gasteiger partial charge in [-0.1, -0.05) is 291 Å². The van der Waals surface area contributed by atoms with Gasteiger partial charge in [0.2, 0.25) is 0 Å². The molecule has 0 bridgehead atoms. The summed E-state index contributed by atoms with van der Waals surface area (Å²) in [5.41, 5.74) is 22.0. The largest absolute Gasteiger partial charge is 0.309 e. The van der Waals surface area contributed by atoms with Crippen LogP contribution in [0.15, 0.2) is 425 Å². The van der Waals surface area contributed by atoms with E-state index in [0.29, 0.717) is 0 Å². The molecule has 24 aromatic carbocycles. The van der Waals surface area contributed by atoms with Gasteiger partial charge in [-0.3, -0.25) is 0 Å². The molecule has 0 aliphatic carbocycles. The van der Waals surface area contributed by atoms with Gasteiger partial charge >= 0.3 is 0 Å². The second-order valence-electron chi connectivity index (χ2n) is 35.0. The zero-order valence-electron chi connectivity index (χ0n) is 69.1. The number of hydrogen-bond donors (Lipinski definition) is 0. The fraction of sp³-hybridized carbons (Fsp3) is 0. The Morgan fingerprint density at radius 1 is 0.133 bits per heavy atom. The first kappa shape index (κ1) is 69.5. The number of benzene rings is 24. The summed E-state index contributed by atoms with van der Waals surface area (Å²) in [7, 11) is 0. The molecule has 588 valence electrons. The molecule has 6 heteroatoms. The van der Waals surface area contributed by atoms with Gasteiger partial charge in [-0.15, -0.1) is 0 Å². The van der Waals surface area contributed by atoms with Gasteiger partial charge in [-0.25, -0.2) is 9.97 Å². The Morgan fingerprint density at radius 3 is 0.664 bits per heavy atom. The van der Waals surface area contributed by atoms with Gasteiger partial charge < -0.3 is 18.3 Å². The van der Waals surface area contributed by atoms with Crippen molar-refractivity contribution < 1.29 is 0 Å². The van der Waals surface area contributed by atoms with Crippen LogP contribution in [0.1, 0.15) is 0 Å². The lowest BCUT2D eigenvalue weighted by atomic mass is 9.91. The van der Waals surface area contributed by atoms with Crippen LogP contribution in [0.5, 0.6) is 0 Å². The first-order valence-corrected chi connectivity index (χ1v) is 44.2. The van der Waals surface area contributed by atoms with E-state index < -0.39 is 0 Å². The van der Waals surface area contributed by atoms with Crippen LogP contribution in [0.4, 0.5) is 0 Å². The van der Waals surface area contributed by atoms with E-state index in [9.17, 15) is 0 Å².